The average Bonchev–Trinajstić information content (AvgIpc) is 2.84. The molecule has 0 radical (unpaired) electrons. The first-order chi connectivity index (χ1) is 8.75. The molecule has 0 aliphatic heterocycles. The van der Waals surface area contributed by atoms with Crippen LogP contribution in [0.5, 0.6) is 0 Å². The number of anilines is 1. The predicted octanol–water partition coefficient (Wildman–Crippen LogP) is 3.41. The van der Waals surface area contributed by atoms with Gasteiger partial charge < -0.3 is 9.73 Å². The third-order valence-electron chi connectivity index (χ3n) is 2.40. The fourth-order valence-electron chi connectivity index (χ4n) is 1.52. The fraction of sp³-hybridized carbons (Fsp3) is 0.154. The Morgan fingerprint density at radius 2 is 2.06 bits per heavy atom. The first-order valence-electron chi connectivity index (χ1n) is 5.57. The Bertz CT molecular complexity index is 511. The van der Waals surface area contributed by atoms with E-state index in [1.807, 2.05) is 24.3 Å². The lowest BCUT2D eigenvalue weighted by atomic mass is 10.1. The molecule has 0 aliphatic carbocycles. The third kappa shape index (κ3) is 3.63. The molecule has 2 aromatic rings. The van der Waals surface area contributed by atoms with Crippen LogP contribution >= 0.6 is 15.9 Å². The molecule has 1 heterocycles. The number of furan rings is 1. The van der Waals surface area contributed by atoms with Gasteiger partial charge in [0.2, 0.25) is 5.88 Å². The van der Waals surface area contributed by atoms with Gasteiger partial charge in [0.15, 0.2) is 0 Å². The minimum atomic E-state index is -0.267. The number of urea groups is 1. The van der Waals surface area contributed by atoms with E-state index in [0.717, 1.165) is 16.5 Å². The Morgan fingerprint density at radius 1 is 1.22 bits per heavy atom. The van der Waals surface area contributed by atoms with Crippen LogP contribution in [0.15, 0.2) is 51.6 Å². The van der Waals surface area contributed by atoms with Gasteiger partial charge in [0.05, 0.1) is 6.26 Å². The highest BCUT2D eigenvalue weighted by Gasteiger charge is 2.03. The van der Waals surface area contributed by atoms with Crippen LogP contribution < -0.4 is 10.6 Å². The number of benzene rings is 1. The van der Waals surface area contributed by atoms with E-state index in [-0.39, 0.29) is 6.03 Å². The summed E-state index contributed by atoms with van der Waals surface area (Å²) in [7, 11) is 0. The zero-order chi connectivity index (χ0) is 12.8. The highest BCUT2D eigenvalue weighted by Crippen LogP contribution is 2.15. The molecular weight excluding hydrogens is 296 g/mol. The van der Waals surface area contributed by atoms with Gasteiger partial charge in [-0.2, -0.15) is 0 Å². The molecular formula is C13H13BrN2O2. The molecule has 2 amide bonds. The molecule has 0 bridgehead atoms. The standard InChI is InChI=1S/C13H13BrN2O2/c14-11-5-2-1-4-10(11)7-8-15-13(17)16-12-6-3-9-18-12/h1-6,9H,7-8H2,(H2,15,16,17). The van der Waals surface area contributed by atoms with E-state index in [1.165, 1.54) is 6.26 Å². The normalized spacial score (nSPS) is 10.1. The van der Waals surface area contributed by atoms with Gasteiger partial charge in [-0.1, -0.05) is 34.1 Å². The molecule has 0 saturated heterocycles. The lowest BCUT2D eigenvalue weighted by Crippen LogP contribution is -2.30. The topological polar surface area (TPSA) is 54.3 Å². The maximum absolute atomic E-state index is 11.5. The van der Waals surface area contributed by atoms with Crippen molar-refractivity contribution in [1.29, 1.82) is 0 Å². The van der Waals surface area contributed by atoms with Gasteiger partial charge in [-0.3, -0.25) is 5.32 Å². The highest BCUT2D eigenvalue weighted by molar-refractivity contribution is 9.10. The van der Waals surface area contributed by atoms with Crippen LogP contribution in [0.25, 0.3) is 0 Å². The molecule has 94 valence electrons. The number of carbonyl (C=O) groups excluding carboxylic acids is 1. The van der Waals surface area contributed by atoms with E-state index in [4.69, 9.17) is 4.42 Å². The molecule has 0 fully saturated rings. The molecule has 2 rings (SSSR count). The van der Waals surface area contributed by atoms with Crippen molar-refractivity contribution in [2.75, 3.05) is 11.9 Å². The third-order valence-corrected chi connectivity index (χ3v) is 3.17. The minimum Gasteiger partial charge on any atom is -0.449 e. The first-order valence-corrected chi connectivity index (χ1v) is 6.37. The summed E-state index contributed by atoms with van der Waals surface area (Å²) in [5.41, 5.74) is 1.16. The highest BCUT2D eigenvalue weighted by atomic mass is 79.9. The maximum atomic E-state index is 11.5. The lowest BCUT2D eigenvalue weighted by Gasteiger charge is -2.06. The summed E-state index contributed by atoms with van der Waals surface area (Å²) in [5, 5.41) is 5.36. The number of amides is 2. The van der Waals surface area contributed by atoms with Crippen molar-refractivity contribution < 1.29 is 9.21 Å². The molecule has 2 N–H and O–H groups in total. The van der Waals surface area contributed by atoms with Crippen LogP contribution in [0.2, 0.25) is 0 Å². The van der Waals surface area contributed by atoms with Crippen LogP contribution in [0.3, 0.4) is 0 Å². The van der Waals surface area contributed by atoms with Gasteiger partial charge in [-0.25, -0.2) is 4.79 Å². The van der Waals surface area contributed by atoms with E-state index in [0.29, 0.717) is 12.4 Å². The molecule has 0 unspecified atom stereocenters. The Balaban J connectivity index is 1.75. The molecule has 5 heteroatoms. The summed E-state index contributed by atoms with van der Waals surface area (Å²) in [4.78, 5) is 11.5. The van der Waals surface area contributed by atoms with E-state index < -0.39 is 0 Å². The summed E-state index contributed by atoms with van der Waals surface area (Å²) >= 11 is 3.47. The van der Waals surface area contributed by atoms with Crippen LogP contribution in [0, 0.1) is 0 Å². The molecule has 18 heavy (non-hydrogen) atoms. The van der Waals surface area contributed by atoms with E-state index in [1.54, 1.807) is 12.1 Å². The van der Waals surface area contributed by atoms with E-state index in [9.17, 15) is 4.79 Å². The predicted molar refractivity (Wildman–Crippen MR) is 73.6 cm³/mol. The summed E-state index contributed by atoms with van der Waals surface area (Å²) in [6.45, 7) is 0.565. The zero-order valence-corrected chi connectivity index (χ0v) is 11.2. The number of halogens is 1. The smallest absolute Gasteiger partial charge is 0.321 e. The zero-order valence-electron chi connectivity index (χ0n) is 9.65. The van der Waals surface area contributed by atoms with Crippen LogP contribution in [0.4, 0.5) is 10.7 Å². The quantitative estimate of drug-likeness (QED) is 0.909. The molecule has 1 aromatic heterocycles. The van der Waals surface area contributed by atoms with Crippen molar-refractivity contribution in [2.45, 2.75) is 6.42 Å². The number of hydrogen-bond acceptors (Lipinski definition) is 2. The van der Waals surface area contributed by atoms with Crippen molar-refractivity contribution in [3.05, 3.63) is 52.7 Å². The maximum Gasteiger partial charge on any atom is 0.321 e. The van der Waals surface area contributed by atoms with Gasteiger partial charge in [0, 0.05) is 17.1 Å². The van der Waals surface area contributed by atoms with E-state index in [2.05, 4.69) is 26.6 Å². The fourth-order valence-corrected chi connectivity index (χ4v) is 2.00. The average molecular weight is 309 g/mol. The number of rotatable bonds is 4. The summed E-state index contributed by atoms with van der Waals surface area (Å²) in [6, 6.07) is 11.1. The Labute approximate surface area is 114 Å². The Kier molecular flexibility index (Phi) is 4.41. The van der Waals surface area contributed by atoms with Gasteiger partial charge in [-0.05, 0) is 24.1 Å². The second-order valence-electron chi connectivity index (χ2n) is 3.70. The monoisotopic (exact) mass is 308 g/mol. The van der Waals surface area contributed by atoms with Crippen molar-refractivity contribution >= 4 is 27.8 Å². The van der Waals surface area contributed by atoms with Gasteiger partial charge in [0.1, 0.15) is 0 Å². The molecule has 0 spiro atoms. The minimum absolute atomic E-state index is 0.267. The van der Waals surface area contributed by atoms with Crippen LogP contribution in [-0.2, 0) is 6.42 Å². The van der Waals surface area contributed by atoms with Gasteiger partial charge >= 0.3 is 6.03 Å². The lowest BCUT2D eigenvalue weighted by molar-refractivity contribution is 0.251. The van der Waals surface area contributed by atoms with Crippen molar-refractivity contribution in [3.8, 4) is 0 Å². The Morgan fingerprint density at radius 3 is 2.78 bits per heavy atom. The number of carbonyl (C=O) groups is 1. The van der Waals surface area contributed by atoms with E-state index >= 15 is 0 Å². The largest absolute Gasteiger partial charge is 0.449 e. The van der Waals surface area contributed by atoms with Gasteiger partial charge in [0.25, 0.3) is 0 Å². The first kappa shape index (κ1) is 12.7. The Hall–Kier alpha value is -1.75. The molecule has 1 aromatic carbocycles. The summed E-state index contributed by atoms with van der Waals surface area (Å²) in [6.07, 6.45) is 2.28. The second-order valence-corrected chi connectivity index (χ2v) is 4.55. The van der Waals surface area contributed by atoms with Gasteiger partial charge in [-0.15, -0.1) is 0 Å². The number of hydrogen-bond donors (Lipinski definition) is 2. The summed E-state index contributed by atoms with van der Waals surface area (Å²) in [5.74, 6) is 0.438. The summed E-state index contributed by atoms with van der Waals surface area (Å²) < 4.78 is 6.06. The van der Waals surface area contributed by atoms with Crippen molar-refractivity contribution in [1.82, 2.24) is 5.32 Å². The molecule has 0 atom stereocenters. The van der Waals surface area contributed by atoms with Crippen molar-refractivity contribution in [2.24, 2.45) is 0 Å². The molecule has 4 nitrogen and oxygen atoms in total. The van der Waals surface area contributed by atoms with Crippen molar-refractivity contribution in [3.63, 3.8) is 0 Å². The van der Waals surface area contributed by atoms with Crippen LogP contribution in [0.1, 0.15) is 5.56 Å². The molecule has 0 aliphatic rings. The second kappa shape index (κ2) is 6.26. The molecule has 0 saturated carbocycles. The van der Waals surface area contributed by atoms with Crippen LogP contribution in [-0.4, -0.2) is 12.6 Å². The number of nitrogens with one attached hydrogen (secondary N) is 2. The SMILES string of the molecule is O=C(NCCc1ccccc1Br)Nc1ccco1.